The minimum Gasteiger partial charge on any atom is -0.496 e. The number of carbonyl (C=O) groups excluding carboxylic acids is 1. The van der Waals surface area contributed by atoms with Crippen molar-refractivity contribution in [2.45, 2.75) is 19.3 Å². The molecule has 0 spiro atoms. The third kappa shape index (κ3) is 2.79. The third-order valence-corrected chi connectivity index (χ3v) is 3.66. The summed E-state index contributed by atoms with van der Waals surface area (Å²) < 4.78 is 32.0. The van der Waals surface area contributed by atoms with Gasteiger partial charge in [-0.25, -0.2) is 8.78 Å². The molecule has 0 aliphatic rings. The molecule has 0 unspecified atom stereocenters. The lowest BCUT2D eigenvalue weighted by molar-refractivity contribution is 0.0906. The van der Waals surface area contributed by atoms with Crippen LogP contribution in [-0.4, -0.2) is 12.9 Å². The Balaban J connectivity index is 2.51. The van der Waals surface area contributed by atoms with Crippen molar-refractivity contribution in [1.29, 1.82) is 0 Å². The van der Waals surface area contributed by atoms with Crippen LogP contribution in [0.25, 0.3) is 0 Å². The molecule has 0 bridgehead atoms. The van der Waals surface area contributed by atoms with Gasteiger partial charge in [0, 0.05) is 11.1 Å². The summed E-state index contributed by atoms with van der Waals surface area (Å²) in [7, 11) is 1.45. The number of carbonyl (C=O) groups is 1. The van der Waals surface area contributed by atoms with Crippen LogP contribution in [0.4, 0.5) is 14.5 Å². The van der Waals surface area contributed by atoms with Gasteiger partial charge in [-0.1, -0.05) is 0 Å². The van der Waals surface area contributed by atoms with E-state index in [4.69, 9.17) is 10.5 Å². The van der Waals surface area contributed by atoms with E-state index >= 15 is 0 Å². The second-order valence-electron chi connectivity index (χ2n) is 5.54. The number of benzene rings is 2. The lowest BCUT2D eigenvalue weighted by Gasteiger charge is -2.26. The molecule has 0 aromatic heterocycles. The number of hydrogen-bond donors (Lipinski definition) is 1. The van der Waals surface area contributed by atoms with Crippen LogP contribution in [-0.2, 0) is 5.41 Å². The van der Waals surface area contributed by atoms with Gasteiger partial charge in [-0.05, 0) is 50.2 Å². The van der Waals surface area contributed by atoms with Crippen molar-refractivity contribution in [3.05, 3.63) is 59.2 Å². The summed E-state index contributed by atoms with van der Waals surface area (Å²) in [4.78, 5) is 12.8. The summed E-state index contributed by atoms with van der Waals surface area (Å²) in [6.07, 6.45) is 0. The molecule has 0 radical (unpaired) electrons. The molecule has 0 aliphatic heterocycles. The maximum atomic E-state index is 13.6. The molecular formula is C17H17F2NO2. The molecule has 3 nitrogen and oxygen atoms in total. The van der Waals surface area contributed by atoms with E-state index in [1.807, 2.05) is 0 Å². The Kier molecular flexibility index (Phi) is 4.17. The number of ether oxygens (including phenoxy) is 1. The van der Waals surface area contributed by atoms with Gasteiger partial charge in [-0.3, -0.25) is 4.79 Å². The molecule has 116 valence electrons. The summed E-state index contributed by atoms with van der Waals surface area (Å²) in [6, 6.07) is 7.79. The molecule has 2 aromatic rings. The molecule has 5 heteroatoms. The summed E-state index contributed by atoms with van der Waals surface area (Å²) in [5.41, 5.74) is 5.03. The minimum absolute atomic E-state index is 0.104. The lowest BCUT2D eigenvalue weighted by Crippen LogP contribution is -2.30. The van der Waals surface area contributed by atoms with Crippen molar-refractivity contribution in [1.82, 2.24) is 0 Å². The Morgan fingerprint density at radius 3 is 2.41 bits per heavy atom. The Labute approximate surface area is 127 Å². The fourth-order valence-electron chi connectivity index (χ4n) is 2.34. The van der Waals surface area contributed by atoms with E-state index in [0.29, 0.717) is 11.3 Å². The molecule has 2 aromatic carbocycles. The zero-order valence-corrected chi connectivity index (χ0v) is 12.6. The van der Waals surface area contributed by atoms with E-state index in [0.717, 1.165) is 6.07 Å². The number of ketones is 1. The summed E-state index contributed by atoms with van der Waals surface area (Å²) >= 11 is 0. The van der Waals surface area contributed by atoms with Crippen LogP contribution >= 0.6 is 0 Å². The minimum atomic E-state index is -1.06. The van der Waals surface area contributed by atoms with Crippen molar-refractivity contribution < 1.29 is 18.3 Å². The number of Topliss-reactive ketones (excluding diaryl/α,β-unsaturated/α-hetero) is 1. The molecule has 0 saturated carbocycles. The molecule has 22 heavy (non-hydrogen) atoms. The Bertz CT molecular complexity index is 727. The van der Waals surface area contributed by atoms with Crippen LogP contribution in [0.1, 0.15) is 29.8 Å². The molecule has 0 fully saturated rings. The van der Waals surface area contributed by atoms with Gasteiger partial charge < -0.3 is 10.5 Å². The number of anilines is 1. The van der Waals surface area contributed by atoms with E-state index in [9.17, 15) is 13.6 Å². The molecule has 0 heterocycles. The van der Waals surface area contributed by atoms with Crippen molar-refractivity contribution in [2.24, 2.45) is 0 Å². The predicted molar refractivity (Wildman–Crippen MR) is 81.1 cm³/mol. The first-order valence-electron chi connectivity index (χ1n) is 6.71. The molecular weight excluding hydrogens is 288 g/mol. The van der Waals surface area contributed by atoms with Crippen LogP contribution in [0.2, 0.25) is 0 Å². The van der Waals surface area contributed by atoms with Gasteiger partial charge in [0.25, 0.3) is 0 Å². The standard InChI is InChI=1S/C17H17F2NO2/c1-17(2,12-9-11(18)5-7-15(12)22-3)16(21)10-4-6-13(19)14(20)8-10/h4-9H,20H2,1-3H3. The Hall–Kier alpha value is -2.43. The highest BCUT2D eigenvalue weighted by Crippen LogP contribution is 2.35. The van der Waals surface area contributed by atoms with E-state index in [1.54, 1.807) is 13.8 Å². The fourth-order valence-corrected chi connectivity index (χ4v) is 2.34. The molecule has 2 N–H and O–H groups in total. The Morgan fingerprint density at radius 1 is 1.14 bits per heavy atom. The fraction of sp³-hybridized carbons (Fsp3) is 0.235. The van der Waals surface area contributed by atoms with Crippen molar-refractivity contribution in [3.63, 3.8) is 0 Å². The van der Waals surface area contributed by atoms with Crippen LogP contribution in [0.3, 0.4) is 0 Å². The largest absolute Gasteiger partial charge is 0.496 e. The normalized spacial score (nSPS) is 11.3. The number of methoxy groups -OCH3 is 1. The topological polar surface area (TPSA) is 52.3 Å². The van der Waals surface area contributed by atoms with Crippen molar-refractivity contribution in [2.75, 3.05) is 12.8 Å². The van der Waals surface area contributed by atoms with Gasteiger partial charge >= 0.3 is 0 Å². The van der Waals surface area contributed by atoms with Crippen molar-refractivity contribution in [3.8, 4) is 5.75 Å². The van der Waals surface area contributed by atoms with Crippen LogP contribution in [0, 0.1) is 11.6 Å². The molecule has 0 saturated heterocycles. The van der Waals surface area contributed by atoms with E-state index in [-0.39, 0.29) is 17.0 Å². The van der Waals surface area contributed by atoms with Gasteiger partial charge in [-0.2, -0.15) is 0 Å². The number of nitrogens with two attached hydrogens (primary N) is 1. The number of nitrogen functional groups attached to an aromatic ring is 1. The molecule has 0 aliphatic carbocycles. The SMILES string of the molecule is COc1ccc(F)cc1C(C)(C)C(=O)c1ccc(F)c(N)c1. The molecule has 0 amide bonds. The molecule has 2 rings (SSSR count). The van der Waals surface area contributed by atoms with Gasteiger partial charge in [0.15, 0.2) is 5.78 Å². The second-order valence-corrected chi connectivity index (χ2v) is 5.54. The summed E-state index contributed by atoms with van der Waals surface area (Å²) in [5, 5.41) is 0. The highest BCUT2D eigenvalue weighted by atomic mass is 19.1. The number of hydrogen-bond acceptors (Lipinski definition) is 3. The quantitative estimate of drug-likeness (QED) is 0.692. The first-order valence-corrected chi connectivity index (χ1v) is 6.71. The van der Waals surface area contributed by atoms with Gasteiger partial charge in [0.2, 0.25) is 0 Å². The van der Waals surface area contributed by atoms with Crippen LogP contribution in [0.5, 0.6) is 5.75 Å². The van der Waals surface area contributed by atoms with Gasteiger partial charge in [-0.15, -0.1) is 0 Å². The maximum Gasteiger partial charge on any atom is 0.173 e. The van der Waals surface area contributed by atoms with Crippen molar-refractivity contribution >= 4 is 11.5 Å². The van der Waals surface area contributed by atoms with Gasteiger partial charge in [0.1, 0.15) is 17.4 Å². The first kappa shape index (κ1) is 15.9. The highest BCUT2D eigenvalue weighted by Gasteiger charge is 2.34. The predicted octanol–water partition coefficient (Wildman–Crippen LogP) is 3.72. The smallest absolute Gasteiger partial charge is 0.173 e. The van der Waals surface area contributed by atoms with E-state index in [1.165, 1.54) is 37.4 Å². The first-order chi connectivity index (χ1) is 10.3. The van der Waals surface area contributed by atoms with E-state index in [2.05, 4.69) is 0 Å². The summed E-state index contributed by atoms with van der Waals surface area (Å²) in [6.45, 7) is 3.32. The van der Waals surface area contributed by atoms with E-state index < -0.39 is 17.0 Å². The zero-order chi connectivity index (χ0) is 16.5. The average molecular weight is 305 g/mol. The Morgan fingerprint density at radius 2 is 1.82 bits per heavy atom. The van der Waals surface area contributed by atoms with Gasteiger partial charge in [0.05, 0.1) is 18.2 Å². The number of rotatable bonds is 4. The highest BCUT2D eigenvalue weighted by molar-refractivity contribution is 6.04. The van der Waals surface area contributed by atoms with Crippen LogP contribution < -0.4 is 10.5 Å². The second kappa shape index (κ2) is 5.75. The maximum absolute atomic E-state index is 13.6. The summed E-state index contributed by atoms with van der Waals surface area (Å²) in [5.74, 6) is -0.939. The average Bonchev–Trinajstić information content (AvgIpc) is 2.49. The van der Waals surface area contributed by atoms with Crippen LogP contribution in [0.15, 0.2) is 36.4 Å². The number of halogens is 2. The lowest BCUT2D eigenvalue weighted by atomic mass is 9.77. The zero-order valence-electron chi connectivity index (χ0n) is 12.6. The third-order valence-electron chi connectivity index (χ3n) is 3.66. The monoisotopic (exact) mass is 305 g/mol. The molecule has 0 atom stereocenters.